The Balaban J connectivity index is 1.55. The highest BCUT2D eigenvalue weighted by Gasteiger charge is 2.35. The fourth-order valence-corrected chi connectivity index (χ4v) is 6.62. The highest BCUT2D eigenvalue weighted by Crippen LogP contribution is 2.34. The van der Waals surface area contributed by atoms with Crippen molar-refractivity contribution in [2.75, 3.05) is 47.1 Å². The minimum absolute atomic E-state index is 0.0418. The van der Waals surface area contributed by atoms with Crippen LogP contribution in [0.2, 0.25) is 5.02 Å². The fourth-order valence-electron chi connectivity index (χ4n) is 4.20. The van der Waals surface area contributed by atoms with Crippen LogP contribution in [0.25, 0.3) is 0 Å². The number of halogens is 1. The summed E-state index contributed by atoms with van der Waals surface area (Å²) in [4.78, 5) is 16.6. The summed E-state index contributed by atoms with van der Waals surface area (Å²) in [5.41, 5.74) is 1.03. The first-order valence-electron chi connectivity index (χ1n) is 11.7. The van der Waals surface area contributed by atoms with E-state index in [1.807, 2.05) is 11.4 Å². The van der Waals surface area contributed by atoms with Crippen LogP contribution in [0.1, 0.15) is 16.5 Å². The van der Waals surface area contributed by atoms with Gasteiger partial charge in [-0.15, -0.1) is 11.3 Å². The van der Waals surface area contributed by atoms with Crippen molar-refractivity contribution < 1.29 is 27.4 Å². The molecule has 1 aromatic heterocycles. The van der Waals surface area contributed by atoms with E-state index in [0.29, 0.717) is 29.5 Å². The SMILES string of the molecule is COCCN(CC(=O)N1CCc2sccc2[C@H]1COc1ccc(Cl)cc1)S(=O)(=O)c1ccc(OC)cc1. The van der Waals surface area contributed by atoms with E-state index in [9.17, 15) is 13.2 Å². The van der Waals surface area contributed by atoms with Gasteiger partial charge < -0.3 is 19.1 Å². The maximum atomic E-state index is 13.6. The Morgan fingerprint density at radius 2 is 1.78 bits per heavy atom. The van der Waals surface area contributed by atoms with Gasteiger partial charge in [-0.1, -0.05) is 11.6 Å². The molecule has 0 spiro atoms. The number of ether oxygens (including phenoxy) is 3. The van der Waals surface area contributed by atoms with E-state index >= 15 is 0 Å². The van der Waals surface area contributed by atoms with E-state index in [1.54, 1.807) is 52.6 Å². The average molecular weight is 565 g/mol. The van der Waals surface area contributed by atoms with E-state index in [4.69, 9.17) is 25.8 Å². The predicted octanol–water partition coefficient (Wildman–Crippen LogP) is 4.25. The van der Waals surface area contributed by atoms with Gasteiger partial charge in [0.1, 0.15) is 18.1 Å². The molecule has 0 radical (unpaired) electrons. The molecule has 198 valence electrons. The minimum Gasteiger partial charge on any atom is -0.497 e. The number of rotatable bonds is 11. The van der Waals surface area contributed by atoms with Crippen LogP contribution in [0.15, 0.2) is 64.9 Å². The smallest absolute Gasteiger partial charge is 0.243 e. The second kappa shape index (κ2) is 12.3. The van der Waals surface area contributed by atoms with Crippen LogP contribution in [0.5, 0.6) is 11.5 Å². The standard InChI is InChI=1S/C26H29ClN2O6S2/c1-33-15-14-28(37(31,32)22-9-7-20(34-2)8-10-22)17-26(30)29-13-11-25-23(12-16-36-25)24(29)18-35-21-5-3-19(27)4-6-21/h3-10,12,16,24H,11,13-15,17-18H2,1-2H3/t24-/m1/s1. The number of benzene rings is 2. The Morgan fingerprint density at radius 3 is 2.46 bits per heavy atom. The zero-order valence-corrected chi connectivity index (χ0v) is 23.0. The van der Waals surface area contributed by atoms with E-state index in [1.165, 1.54) is 35.5 Å². The number of thiophene rings is 1. The summed E-state index contributed by atoms with van der Waals surface area (Å²) in [5, 5.41) is 2.61. The average Bonchev–Trinajstić information content (AvgIpc) is 3.39. The third-order valence-corrected chi connectivity index (χ3v) is 9.30. The molecule has 1 aliphatic rings. The Labute approximate surface area is 226 Å². The zero-order valence-electron chi connectivity index (χ0n) is 20.6. The van der Waals surface area contributed by atoms with Gasteiger partial charge in [0.25, 0.3) is 0 Å². The molecule has 1 aliphatic heterocycles. The Morgan fingerprint density at radius 1 is 1.08 bits per heavy atom. The molecule has 2 aromatic carbocycles. The van der Waals surface area contributed by atoms with Crippen molar-refractivity contribution in [3.8, 4) is 11.5 Å². The lowest BCUT2D eigenvalue weighted by Crippen LogP contribution is -2.48. The molecule has 1 atom stereocenters. The van der Waals surface area contributed by atoms with Crippen molar-refractivity contribution in [3.63, 3.8) is 0 Å². The van der Waals surface area contributed by atoms with Crippen molar-refractivity contribution >= 4 is 38.9 Å². The summed E-state index contributed by atoms with van der Waals surface area (Å²) in [6, 6.07) is 14.8. The van der Waals surface area contributed by atoms with Crippen molar-refractivity contribution in [1.29, 1.82) is 0 Å². The number of hydrogen-bond acceptors (Lipinski definition) is 7. The van der Waals surface area contributed by atoms with E-state index < -0.39 is 10.0 Å². The fraction of sp³-hybridized carbons (Fsp3) is 0.346. The van der Waals surface area contributed by atoms with Gasteiger partial charge in [0.2, 0.25) is 15.9 Å². The molecule has 11 heteroatoms. The molecule has 0 saturated carbocycles. The number of fused-ring (bicyclic) bond motifs is 1. The molecule has 2 heterocycles. The lowest BCUT2D eigenvalue weighted by Gasteiger charge is -2.37. The molecule has 3 aromatic rings. The molecule has 8 nitrogen and oxygen atoms in total. The van der Waals surface area contributed by atoms with Crippen LogP contribution >= 0.6 is 22.9 Å². The largest absolute Gasteiger partial charge is 0.497 e. The number of sulfonamides is 1. The number of hydrogen-bond donors (Lipinski definition) is 0. The number of carbonyl (C=O) groups is 1. The monoisotopic (exact) mass is 564 g/mol. The van der Waals surface area contributed by atoms with Gasteiger partial charge >= 0.3 is 0 Å². The highest BCUT2D eigenvalue weighted by atomic mass is 35.5. The maximum absolute atomic E-state index is 13.6. The van der Waals surface area contributed by atoms with Crippen LogP contribution in [0.3, 0.4) is 0 Å². The summed E-state index contributed by atoms with van der Waals surface area (Å²) >= 11 is 7.63. The quantitative estimate of drug-likeness (QED) is 0.346. The lowest BCUT2D eigenvalue weighted by molar-refractivity contribution is -0.135. The third-order valence-electron chi connectivity index (χ3n) is 6.19. The molecule has 0 fully saturated rings. The minimum atomic E-state index is -3.95. The zero-order chi connectivity index (χ0) is 26.4. The molecule has 0 saturated heterocycles. The molecule has 0 unspecified atom stereocenters. The van der Waals surface area contributed by atoms with Crippen molar-refractivity contribution in [2.24, 2.45) is 0 Å². The number of amides is 1. The summed E-state index contributed by atoms with van der Waals surface area (Å²) in [6.07, 6.45) is 0.708. The molecule has 0 N–H and O–H groups in total. The molecule has 0 aliphatic carbocycles. The Hall–Kier alpha value is -2.63. The number of methoxy groups -OCH3 is 2. The summed E-state index contributed by atoms with van der Waals surface area (Å²) in [5.74, 6) is 0.889. The highest BCUT2D eigenvalue weighted by molar-refractivity contribution is 7.89. The number of nitrogens with zero attached hydrogens (tertiary/aromatic N) is 2. The third kappa shape index (κ3) is 6.45. The second-order valence-electron chi connectivity index (χ2n) is 8.42. The van der Waals surface area contributed by atoms with E-state index in [0.717, 1.165) is 5.56 Å². The number of carbonyl (C=O) groups excluding carboxylic acids is 1. The Bertz CT molecular complexity index is 1300. The first-order chi connectivity index (χ1) is 17.8. The second-order valence-corrected chi connectivity index (χ2v) is 11.8. The summed E-state index contributed by atoms with van der Waals surface area (Å²) in [7, 11) is -0.945. The van der Waals surface area contributed by atoms with Crippen LogP contribution in [-0.2, 0) is 26.0 Å². The van der Waals surface area contributed by atoms with Gasteiger partial charge in [-0.05, 0) is 72.0 Å². The van der Waals surface area contributed by atoms with Gasteiger partial charge in [-0.3, -0.25) is 4.79 Å². The van der Waals surface area contributed by atoms with Crippen molar-refractivity contribution in [3.05, 3.63) is 75.4 Å². The van der Waals surface area contributed by atoms with Crippen LogP contribution in [0, 0.1) is 0 Å². The molecule has 37 heavy (non-hydrogen) atoms. The molecule has 0 bridgehead atoms. The molecular formula is C26H29ClN2O6S2. The molecule has 4 rings (SSSR count). The van der Waals surface area contributed by atoms with Gasteiger partial charge in [0.05, 0.1) is 31.2 Å². The predicted molar refractivity (Wildman–Crippen MR) is 143 cm³/mol. The normalized spacial score (nSPS) is 15.5. The summed E-state index contributed by atoms with van der Waals surface area (Å²) in [6.45, 7) is 0.595. The van der Waals surface area contributed by atoms with Crippen LogP contribution in [0.4, 0.5) is 0 Å². The summed E-state index contributed by atoms with van der Waals surface area (Å²) < 4.78 is 44.4. The van der Waals surface area contributed by atoms with Gasteiger partial charge in [0, 0.05) is 30.1 Å². The lowest BCUT2D eigenvalue weighted by atomic mass is 10.0. The topological polar surface area (TPSA) is 85.4 Å². The molecule has 1 amide bonds. The first kappa shape index (κ1) is 27.4. The van der Waals surface area contributed by atoms with E-state index in [2.05, 4.69) is 0 Å². The Kier molecular flexibility index (Phi) is 9.09. The van der Waals surface area contributed by atoms with Crippen LogP contribution in [-0.4, -0.2) is 70.6 Å². The molecular weight excluding hydrogens is 536 g/mol. The first-order valence-corrected chi connectivity index (χ1v) is 14.4. The van der Waals surface area contributed by atoms with Crippen molar-refractivity contribution in [2.45, 2.75) is 17.4 Å². The van der Waals surface area contributed by atoms with Crippen molar-refractivity contribution in [1.82, 2.24) is 9.21 Å². The maximum Gasteiger partial charge on any atom is 0.243 e. The van der Waals surface area contributed by atoms with Crippen LogP contribution < -0.4 is 9.47 Å². The van der Waals surface area contributed by atoms with E-state index in [-0.39, 0.29) is 43.1 Å². The van der Waals surface area contributed by atoms with Gasteiger partial charge in [0.15, 0.2) is 0 Å². The van der Waals surface area contributed by atoms with Gasteiger partial charge in [-0.2, -0.15) is 4.31 Å². The van der Waals surface area contributed by atoms with Gasteiger partial charge in [-0.25, -0.2) is 8.42 Å².